The molecule has 0 spiro atoms. The Morgan fingerprint density at radius 3 is 2.96 bits per heavy atom. The fraction of sp³-hybridized carbons (Fsp3) is 0.500. The zero-order chi connectivity index (χ0) is 17.5. The Bertz CT molecular complexity index is 674. The van der Waals surface area contributed by atoms with Gasteiger partial charge in [-0.25, -0.2) is 9.97 Å². The molecule has 0 saturated carbocycles. The van der Waals surface area contributed by atoms with Gasteiger partial charge in [0.2, 0.25) is 11.9 Å². The summed E-state index contributed by atoms with van der Waals surface area (Å²) < 4.78 is 5.61. The van der Waals surface area contributed by atoms with Crippen molar-refractivity contribution >= 4 is 11.9 Å². The van der Waals surface area contributed by atoms with E-state index < -0.39 is 0 Å². The van der Waals surface area contributed by atoms with Crippen LogP contribution in [0.2, 0.25) is 0 Å². The minimum atomic E-state index is -0.0596. The van der Waals surface area contributed by atoms with Crippen molar-refractivity contribution in [3.63, 3.8) is 0 Å². The first-order valence-corrected chi connectivity index (χ1v) is 8.74. The summed E-state index contributed by atoms with van der Waals surface area (Å²) in [5.41, 5.74) is 2.35. The number of hydrogen-bond donors (Lipinski definition) is 3. The molecule has 3 N–H and O–H groups in total. The van der Waals surface area contributed by atoms with Gasteiger partial charge in [-0.3, -0.25) is 0 Å². The summed E-state index contributed by atoms with van der Waals surface area (Å²) in [6.07, 6.45) is 3.76. The molecule has 1 aliphatic rings. The van der Waals surface area contributed by atoms with Crippen LogP contribution in [0.4, 0.5) is 11.9 Å². The van der Waals surface area contributed by atoms with Gasteiger partial charge >= 0.3 is 0 Å². The Kier molecular flexibility index (Phi) is 6.14. The van der Waals surface area contributed by atoms with Crippen LogP contribution in [-0.2, 0) is 4.74 Å². The highest BCUT2D eigenvalue weighted by atomic mass is 16.5. The van der Waals surface area contributed by atoms with E-state index in [9.17, 15) is 0 Å². The number of rotatable bonds is 7. The lowest BCUT2D eigenvalue weighted by Gasteiger charge is -2.23. The second kappa shape index (κ2) is 8.73. The van der Waals surface area contributed by atoms with Gasteiger partial charge in [-0.05, 0) is 31.9 Å². The molecule has 134 valence electrons. The maximum absolute atomic E-state index is 5.61. The second-order valence-corrected chi connectivity index (χ2v) is 6.34. The van der Waals surface area contributed by atoms with E-state index in [1.54, 1.807) is 7.11 Å². The lowest BCUT2D eigenvalue weighted by atomic mass is 10.1. The lowest BCUT2D eigenvalue weighted by molar-refractivity contribution is 0.114. The summed E-state index contributed by atoms with van der Waals surface area (Å²) in [5.74, 6) is 1.16. The summed E-state index contributed by atoms with van der Waals surface area (Å²) in [5, 5.41) is 9.99. The molecule has 2 aromatic rings. The van der Waals surface area contributed by atoms with Gasteiger partial charge < -0.3 is 20.7 Å². The molecule has 1 aliphatic heterocycles. The molecule has 2 atom stereocenters. The van der Waals surface area contributed by atoms with Crippen LogP contribution >= 0.6 is 0 Å². The van der Waals surface area contributed by atoms with Crippen LogP contribution in [0.3, 0.4) is 0 Å². The Morgan fingerprint density at radius 1 is 1.32 bits per heavy atom. The number of aromatic nitrogens is 3. The molecular formula is C18H26N6O. The topological polar surface area (TPSA) is 84.0 Å². The SMILES string of the molecule is COC(CNc1ncnc(NC2CCCNC2)n1)c1cccc(C)c1. The Labute approximate surface area is 148 Å². The molecule has 1 aromatic carbocycles. The predicted molar refractivity (Wildman–Crippen MR) is 98.8 cm³/mol. The molecule has 1 aromatic heterocycles. The number of methoxy groups -OCH3 is 1. The number of piperidine rings is 1. The predicted octanol–water partition coefficient (Wildman–Crippen LogP) is 2.14. The van der Waals surface area contributed by atoms with Crippen LogP contribution in [-0.4, -0.2) is 47.7 Å². The van der Waals surface area contributed by atoms with Crippen molar-refractivity contribution in [1.29, 1.82) is 0 Å². The first kappa shape index (κ1) is 17.6. The quantitative estimate of drug-likeness (QED) is 0.711. The van der Waals surface area contributed by atoms with Crippen LogP contribution in [0.25, 0.3) is 0 Å². The summed E-state index contributed by atoms with van der Waals surface area (Å²) in [6, 6.07) is 8.68. The van der Waals surface area contributed by atoms with E-state index in [1.807, 2.05) is 6.07 Å². The number of aryl methyl sites for hydroxylation is 1. The smallest absolute Gasteiger partial charge is 0.227 e. The molecule has 0 bridgehead atoms. The molecule has 7 nitrogen and oxygen atoms in total. The fourth-order valence-electron chi connectivity index (χ4n) is 3.00. The number of anilines is 2. The van der Waals surface area contributed by atoms with Crippen LogP contribution in [0.5, 0.6) is 0 Å². The van der Waals surface area contributed by atoms with E-state index in [2.05, 4.69) is 56.0 Å². The molecule has 0 amide bonds. The lowest BCUT2D eigenvalue weighted by Crippen LogP contribution is -2.38. The van der Waals surface area contributed by atoms with E-state index in [4.69, 9.17) is 4.74 Å². The van der Waals surface area contributed by atoms with Gasteiger partial charge in [-0.2, -0.15) is 4.98 Å². The van der Waals surface area contributed by atoms with Gasteiger partial charge in [0.15, 0.2) is 0 Å². The van der Waals surface area contributed by atoms with Crippen molar-refractivity contribution in [3.8, 4) is 0 Å². The van der Waals surface area contributed by atoms with Crippen molar-refractivity contribution in [2.75, 3.05) is 37.4 Å². The molecule has 2 unspecified atom stereocenters. The Morgan fingerprint density at radius 2 is 2.20 bits per heavy atom. The minimum Gasteiger partial charge on any atom is -0.375 e. The fourth-order valence-corrected chi connectivity index (χ4v) is 3.00. The van der Waals surface area contributed by atoms with Gasteiger partial charge in [-0.15, -0.1) is 0 Å². The molecular weight excluding hydrogens is 316 g/mol. The molecule has 3 rings (SSSR count). The molecule has 2 heterocycles. The van der Waals surface area contributed by atoms with E-state index in [-0.39, 0.29) is 6.10 Å². The summed E-state index contributed by atoms with van der Waals surface area (Å²) >= 11 is 0. The third-order valence-corrected chi connectivity index (χ3v) is 4.35. The highest BCUT2D eigenvalue weighted by Crippen LogP contribution is 2.18. The van der Waals surface area contributed by atoms with Crippen LogP contribution in [0.1, 0.15) is 30.1 Å². The number of benzene rings is 1. The molecule has 7 heteroatoms. The van der Waals surface area contributed by atoms with Crippen LogP contribution < -0.4 is 16.0 Å². The third-order valence-electron chi connectivity index (χ3n) is 4.35. The maximum atomic E-state index is 5.61. The first-order chi connectivity index (χ1) is 12.2. The largest absolute Gasteiger partial charge is 0.375 e. The number of nitrogens with zero attached hydrogens (tertiary/aromatic N) is 3. The number of nitrogens with one attached hydrogen (secondary N) is 3. The van der Waals surface area contributed by atoms with Crippen molar-refractivity contribution in [2.45, 2.75) is 31.9 Å². The van der Waals surface area contributed by atoms with Crippen LogP contribution in [0, 0.1) is 6.92 Å². The van der Waals surface area contributed by atoms with Crippen molar-refractivity contribution in [3.05, 3.63) is 41.7 Å². The second-order valence-electron chi connectivity index (χ2n) is 6.34. The highest BCUT2D eigenvalue weighted by molar-refractivity contribution is 5.34. The third kappa shape index (κ3) is 5.11. The molecule has 0 radical (unpaired) electrons. The van der Waals surface area contributed by atoms with Crippen molar-refractivity contribution < 1.29 is 4.74 Å². The monoisotopic (exact) mass is 342 g/mol. The van der Waals surface area contributed by atoms with E-state index >= 15 is 0 Å². The number of ether oxygens (including phenoxy) is 1. The van der Waals surface area contributed by atoms with Gasteiger partial charge in [0.1, 0.15) is 6.33 Å². The van der Waals surface area contributed by atoms with Gasteiger partial charge in [-0.1, -0.05) is 29.8 Å². The van der Waals surface area contributed by atoms with E-state index in [1.165, 1.54) is 18.3 Å². The highest BCUT2D eigenvalue weighted by Gasteiger charge is 2.15. The van der Waals surface area contributed by atoms with E-state index in [0.29, 0.717) is 24.5 Å². The normalized spacial score (nSPS) is 18.6. The summed E-state index contributed by atoms with van der Waals surface area (Å²) in [4.78, 5) is 12.9. The number of hydrogen-bond acceptors (Lipinski definition) is 7. The standard InChI is InChI=1S/C18H26N6O/c1-13-5-3-6-14(9-13)16(25-2)11-20-17-21-12-22-18(24-17)23-15-7-4-8-19-10-15/h3,5-6,9,12,15-16,19H,4,7-8,10-11H2,1-2H3,(H2,20,21,22,23,24). The van der Waals surface area contributed by atoms with Crippen molar-refractivity contribution in [2.24, 2.45) is 0 Å². The van der Waals surface area contributed by atoms with E-state index in [0.717, 1.165) is 25.1 Å². The minimum absolute atomic E-state index is 0.0596. The average molecular weight is 342 g/mol. The van der Waals surface area contributed by atoms with Gasteiger partial charge in [0.05, 0.1) is 6.10 Å². The average Bonchev–Trinajstić information content (AvgIpc) is 2.63. The maximum Gasteiger partial charge on any atom is 0.227 e. The molecule has 1 fully saturated rings. The van der Waals surface area contributed by atoms with Crippen molar-refractivity contribution in [1.82, 2.24) is 20.3 Å². The van der Waals surface area contributed by atoms with Gasteiger partial charge in [0, 0.05) is 26.2 Å². The van der Waals surface area contributed by atoms with Gasteiger partial charge in [0.25, 0.3) is 0 Å². The molecule has 0 aliphatic carbocycles. The Hall–Kier alpha value is -2.25. The summed E-state index contributed by atoms with van der Waals surface area (Å²) in [7, 11) is 1.71. The summed E-state index contributed by atoms with van der Waals surface area (Å²) in [6.45, 7) is 4.69. The molecule has 1 saturated heterocycles. The first-order valence-electron chi connectivity index (χ1n) is 8.74. The zero-order valence-corrected chi connectivity index (χ0v) is 14.8. The van der Waals surface area contributed by atoms with Crippen LogP contribution in [0.15, 0.2) is 30.6 Å². The Balaban J connectivity index is 1.59. The zero-order valence-electron chi connectivity index (χ0n) is 14.8. The molecule has 25 heavy (non-hydrogen) atoms.